The highest BCUT2D eigenvalue weighted by Gasteiger charge is 2.21. The van der Waals surface area contributed by atoms with Crippen molar-refractivity contribution in [3.8, 4) is 12.3 Å². The molecule has 0 spiro atoms. The molecule has 1 atom stereocenters. The van der Waals surface area contributed by atoms with E-state index in [0.29, 0.717) is 5.84 Å². The molecule has 0 radical (unpaired) electrons. The van der Waals surface area contributed by atoms with E-state index in [1.807, 2.05) is 26.1 Å². The highest BCUT2D eigenvalue weighted by atomic mass is 15.2. The van der Waals surface area contributed by atoms with Gasteiger partial charge in [-0.15, -0.1) is 0 Å². The molecule has 1 unspecified atom stereocenters. The molecule has 0 aromatic rings. The fourth-order valence-electron chi connectivity index (χ4n) is 2.01. The third-order valence-corrected chi connectivity index (χ3v) is 2.76. The predicted octanol–water partition coefficient (Wildman–Crippen LogP) is 2.46. The van der Waals surface area contributed by atoms with Crippen molar-refractivity contribution < 1.29 is 0 Å². The molecule has 0 bridgehead atoms. The van der Waals surface area contributed by atoms with Crippen molar-refractivity contribution in [3.63, 3.8) is 0 Å². The summed E-state index contributed by atoms with van der Waals surface area (Å²) in [6.45, 7) is 5.69. The predicted molar refractivity (Wildman–Crippen MR) is 67.0 cm³/mol. The maximum absolute atomic E-state index is 9.19. The Morgan fingerprint density at radius 3 is 2.35 bits per heavy atom. The molecule has 0 aliphatic carbocycles. The molecule has 4 nitrogen and oxygen atoms in total. The van der Waals surface area contributed by atoms with Crippen LogP contribution >= 0.6 is 0 Å². The van der Waals surface area contributed by atoms with E-state index in [4.69, 9.17) is 5.26 Å². The minimum Gasteiger partial charge on any atom is -0.358 e. The third kappa shape index (κ3) is 3.92. The van der Waals surface area contributed by atoms with Gasteiger partial charge in [-0.25, -0.2) is 0 Å². The van der Waals surface area contributed by atoms with Crippen LogP contribution in [0.15, 0.2) is 16.6 Å². The number of nitriles is 2. The van der Waals surface area contributed by atoms with Gasteiger partial charge in [0.25, 0.3) is 0 Å². The quantitative estimate of drug-likeness (QED) is 0.317. The lowest BCUT2D eigenvalue weighted by Crippen LogP contribution is -2.39. The number of nitrogens with zero attached hydrogens (tertiary/aromatic N) is 4. The van der Waals surface area contributed by atoms with Crippen LogP contribution in [0.3, 0.4) is 0 Å². The summed E-state index contributed by atoms with van der Waals surface area (Å²) in [4.78, 5) is 5.92. The second-order valence-corrected chi connectivity index (χ2v) is 4.47. The lowest BCUT2D eigenvalue weighted by Gasteiger charge is -2.30. The van der Waals surface area contributed by atoms with Crippen LogP contribution in [-0.4, -0.2) is 23.8 Å². The molecule has 1 aliphatic rings. The molecule has 1 rings (SSSR count). The van der Waals surface area contributed by atoms with Crippen LogP contribution in [0, 0.1) is 28.7 Å². The van der Waals surface area contributed by atoms with Gasteiger partial charge in [-0.2, -0.15) is 15.5 Å². The van der Waals surface area contributed by atoms with E-state index >= 15 is 0 Å². The second kappa shape index (κ2) is 6.70. The largest absolute Gasteiger partial charge is 0.358 e. The number of allylic oxidation sites excluding steroid dienone is 1. The fourth-order valence-corrected chi connectivity index (χ4v) is 2.01. The van der Waals surface area contributed by atoms with Crippen molar-refractivity contribution in [2.24, 2.45) is 10.9 Å². The number of likely N-dealkylation sites (tertiary alicyclic amines) is 1. The van der Waals surface area contributed by atoms with Crippen LogP contribution in [0.2, 0.25) is 0 Å². The molecule has 1 fully saturated rings. The van der Waals surface area contributed by atoms with Gasteiger partial charge in [0.15, 0.2) is 0 Å². The van der Waals surface area contributed by atoms with Gasteiger partial charge < -0.3 is 4.90 Å². The van der Waals surface area contributed by atoms with Gasteiger partial charge in [-0.05, 0) is 33.1 Å². The second-order valence-electron chi connectivity index (χ2n) is 4.47. The summed E-state index contributed by atoms with van der Waals surface area (Å²) in [5, 5.41) is 17.9. The Kier molecular flexibility index (Phi) is 5.23. The first-order valence-electron chi connectivity index (χ1n) is 5.95. The Morgan fingerprint density at radius 1 is 1.24 bits per heavy atom. The average molecular weight is 230 g/mol. The molecule has 0 aromatic heterocycles. The maximum atomic E-state index is 9.19. The van der Waals surface area contributed by atoms with Crippen molar-refractivity contribution in [2.75, 3.05) is 13.1 Å². The molecule has 0 aromatic carbocycles. The van der Waals surface area contributed by atoms with E-state index in [1.54, 1.807) is 0 Å². The van der Waals surface area contributed by atoms with Crippen LogP contribution in [0.5, 0.6) is 0 Å². The van der Waals surface area contributed by atoms with E-state index in [2.05, 4.69) is 16.0 Å². The number of amidine groups is 1. The Morgan fingerprint density at radius 2 is 1.88 bits per heavy atom. The van der Waals surface area contributed by atoms with Gasteiger partial charge in [-0.1, -0.05) is 11.6 Å². The number of rotatable bonds is 2. The molecule has 1 aliphatic heterocycles. The minimum absolute atomic E-state index is 0.405. The van der Waals surface area contributed by atoms with E-state index in [-0.39, 0.29) is 0 Å². The highest BCUT2D eigenvalue weighted by molar-refractivity contribution is 5.89. The van der Waals surface area contributed by atoms with Crippen molar-refractivity contribution >= 4 is 5.84 Å². The van der Waals surface area contributed by atoms with Crippen molar-refractivity contribution in [1.29, 1.82) is 10.5 Å². The summed E-state index contributed by atoms with van der Waals surface area (Å²) in [6.07, 6.45) is 7.12. The minimum atomic E-state index is -0.405. The molecule has 90 valence electrons. The molecular weight excluding hydrogens is 212 g/mol. The Balaban J connectivity index is 2.92. The zero-order valence-electron chi connectivity index (χ0n) is 10.5. The van der Waals surface area contributed by atoms with E-state index < -0.39 is 5.92 Å². The van der Waals surface area contributed by atoms with Crippen molar-refractivity contribution in [2.45, 2.75) is 33.1 Å². The van der Waals surface area contributed by atoms with E-state index in [0.717, 1.165) is 31.5 Å². The molecule has 0 saturated carbocycles. The van der Waals surface area contributed by atoms with Gasteiger partial charge in [0.2, 0.25) is 6.19 Å². The average Bonchev–Trinajstić information content (AvgIpc) is 2.34. The van der Waals surface area contributed by atoms with E-state index in [9.17, 15) is 5.26 Å². The summed E-state index contributed by atoms with van der Waals surface area (Å²) < 4.78 is 0. The first-order valence-corrected chi connectivity index (χ1v) is 5.95. The van der Waals surface area contributed by atoms with Gasteiger partial charge >= 0.3 is 0 Å². The maximum Gasteiger partial charge on any atom is 0.207 e. The van der Waals surface area contributed by atoms with Crippen LogP contribution in [0.4, 0.5) is 0 Å². The van der Waals surface area contributed by atoms with Crippen LogP contribution in [-0.2, 0) is 0 Å². The zero-order valence-corrected chi connectivity index (χ0v) is 10.5. The molecule has 1 saturated heterocycles. The summed E-state index contributed by atoms with van der Waals surface area (Å²) in [7, 11) is 0. The Hall–Kier alpha value is -1.81. The summed E-state index contributed by atoms with van der Waals surface area (Å²) in [5.74, 6) is 0.202. The lowest BCUT2D eigenvalue weighted by molar-refractivity contribution is 0.335. The first-order chi connectivity index (χ1) is 8.19. The monoisotopic (exact) mass is 230 g/mol. The SMILES string of the molecule is CC(C)=CC(C#N)C(=NC#N)N1CCCCC1. The third-order valence-electron chi connectivity index (χ3n) is 2.76. The molecule has 4 heteroatoms. The summed E-state index contributed by atoms with van der Waals surface area (Å²) in [5.41, 5.74) is 1.07. The standard InChI is InChI=1S/C13H18N4/c1-11(2)8-12(9-14)13(16-10-15)17-6-4-3-5-7-17/h8,12H,3-7H2,1-2H3. The smallest absolute Gasteiger partial charge is 0.207 e. The lowest BCUT2D eigenvalue weighted by atomic mass is 10.0. The highest BCUT2D eigenvalue weighted by Crippen LogP contribution is 2.15. The van der Waals surface area contributed by atoms with Crippen molar-refractivity contribution in [3.05, 3.63) is 11.6 Å². The number of aliphatic imine (C=N–C) groups is 1. The van der Waals surface area contributed by atoms with Crippen molar-refractivity contribution in [1.82, 2.24) is 4.90 Å². The molecule has 1 heterocycles. The van der Waals surface area contributed by atoms with Crippen LogP contribution < -0.4 is 0 Å². The van der Waals surface area contributed by atoms with Gasteiger partial charge in [0.1, 0.15) is 11.8 Å². The first kappa shape index (κ1) is 13.3. The molecular formula is C13H18N4. The zero-order chi connectivity index (χ0) is 12.7. The normalized spacial score (nSPS) is 17.9. The van der Waals surface area contributed by atoms with Gasteiger partial charge in [0.05, 0.1) is 6.07 Å². The van der Waals surface area contributed by atoms with Crippen LogP contribution in [0.25, 0.3) is 0 Å². The number of hydrogen-bond acceptors (Lipinski definition) is 3. The molecule has 0 N–H and O–H groups in total. The fraction of sp³-hybridized carbons (Fsp3) is 0.615. The Labute approximate surface area is 103 Å². The topological polar surface area (TPSA) is 63.2 Å². The Bertz CT molecular complexity index is 385. The molecule has 17 heavy (non-hydrogen) atoms. The van der Waals surface area contributed by atoms with Crippen LogP contribution in [0.1, 0.15) is 33.1 Å². The molecule has 0 amide bonds. The summed E-state index contributed by atoms with van der Waals surface area (Å²) >= 11 is 0. The number of hydrogen-bond donors (Lipinski definition) is 0. The van der Waals surface area contributed by atoms with E-state index in [1.165, 1.54) is 6.42 Å². The summed E-state index contributed by atoms with van der Waals surface area (Å²) in [6, 6.07) is 2.22. The number of piperidine rings is 1. The van der Waals surface area contributed by atoms with Gasteiger partial charge in [-0.3, -0.25) is 0 Å². The van der Waals surface area contributed by atoms with Gasteiger partial charge in [0, 0.05) is 13.1 Å².